The topological polar surface area (TPSA) is 64.1 Å². The Bertz CT molecular complexity index is 996. The van der Waals surface area contributed by atoms with Gasteiger partial charge < -0.3 is 10.1 Å². The second-order valence-corrected chi connectivity index (χ2v) is 6.55. The van der Waals surface area contributed by atoms with Crippen molar-refractivity contribution in [1.29, 1.82) is 0 Å². The zero-order chi connectivity index (χ0) is 18.8. The van der Waals surface area contributed by atoms with Gasteiger partial charge >= 0.3 is 0 Å². The van der Waals surface area contributed by atoms with E-state index in [0.717, 1.165) is 44.9 Å². The van der Waals surface area contributed by atoms with Crippen molar-refractivity contribution >= 4 is 16.9 Å². The average Bonchev–Trinajstić information content (AvgIpc) is 2.60. The predicted molar refractivity (Wildman–Crippen MR) is 103 cm³/mol. The highest BCUT2D eigenvalue weighted by atomic mass is 16.5. The first-order valence-electron chi connectivity index (χ1n) is 8.56. The van der Waals surface area contributed by atoms with Crippen molar-refractivity contribution in [3.8, 4) is 5.75 Å². The molecule has 1 aromatic heterocycles. The van der Waals surface area contributed by atoms with Gasteiger partial charge in [0.1, 0.15) is 5.75 Å². The fourth-order valence-corrected chi connectivity index (χ4v) is 3.12. The molecule has 0 radical (unpaired) electrons. The first kappa shape index (κ1) is 17.9. The van der Waals surface area contributed by atoms with Gasteiger partial charge in [-0.15, -0.1) is 0 Å². The summed E-state index contributed by atoms with van der Waals surface area (Å²) in [5.74, 6) is 0.666. The van der Waals surface area contributed by atoms with Crippen LogP contribution in [0.4, 0.5) is 0 Å². The van der Waals surface area contributed by atoms with E-state index in [9.17, 15) is 4.79 Å². The number of fused-ring (bicyclic) bond motifs is 1. The van der Waals surface area contributed by atoms with Crippen molar-refractivity contribution in [3.63, 3.8) is 0 Å². The molecule has 1 heterocycles. The molecule has 0 unspecified atom stereocenters. The summed E-state index contributed by atoms with van der Waals surface area (Å²) in [5, 5.41) is 2.97. The monoisotopic (exact) mass is 349 g/mol. The van der Waals surface area contributed by atoms with E-state index >= 15 is 0 Å². The smallest absolute Gasteiger partial charge is 0.251 e. The number of aryl methyl sites for hydroxylation is 4. The molecule has 0 atom stereocenters. The van der Waals surface area contributed by atoms with Crippen LogP contribution in [0.25, 0.3) is 11.0 Å². The molecule has 0 aliphatic carbocycles. The van der Waals surface area contributed by atoms with Gasteiger partial charge in [0.25, 0.3) is 5.91 Å². The molecule has 3 aromatic rings. The van der Waals surface area contributed by atoms with Gasteiger partial charge in [0.05, 0.1) is 29.5 Å². The van der Waals surface area contributed by atoms with Crippen LogP contribution in [0.2, 0.25) is 0 Å². The zero-order valence-corrected chi connectivity index (χ0v) is 15.8. The normalized spacial score (nSPS) is 10.8. The van der Waals surface area contributed by atoms with Gasteiger partial charge in [-0.2, -0.15) is 0 Å². The number of nitrogens with one attached hydrogen (secondary N) is 1. The molecule has 5 nitrogen and oxygen atoms in total. The molecule has 2 aromatic carbocycles. The number of methoxy groups -OCH3 is 1. The van der Waals surface area contributed by atoms with Crippen molar-refractivity contribution in [2.24, 2.45) is 0 Å². The number of carbonyl (C=O) groups excluding carboxylic acids is 1. The summed E-state index contributed by atoms with van der Waals surface area (Å²) in [4.78, 5) is 21.6. The summed E-state index contributed by atoms with van der Waals surface area (Å²) < 4.78 is 5.48. The number of carbonyl (C=O) groups is 1. The van der Waals surface area contributed by atoms with Gasteiger partial charge in [0.15, 0.2) is 0 Å². The third-order valence-corrected chi connectivity index (χ3v) is 4.48. The molecule has 5 heteroatoms. The number of hydrogen-bond acceptors (Lipinski definition) is 4. The molecular weight excluding hydrogens is 326 g/mol. The minimum Gasteiger partial charge on any atom is -0.496 e. The summed E-state index contributed by atoms with van der Waals surface area (Å²) in [6.07, 6.45) is 0. The van der Waals surface area contributed by atoms with E-state index in [0.29, 0.717) is 12.1 Å². The fourth-order valence-electron chi connectivity index (χ4n) is 3.12. The zero-order valence-electron chi connectivity index (χ0n) is 15.8. The lowest BCUT2D eigenvalue weighted by atomic mass is 10.1. The minimum atomic E-state index is -0.145. The molecule has 0 aliphatic rings. The molecule has 0 bridgehead atoms. The lowest BCUT2D eigenvalue weighted by Gasteiger charge is -2.14. The van der Waals surface area contributed by atoms with Gasteiger partial charge in [0.2, 0.25) is 0 Å². The van der Waals surface area contributed by atoms with Crippen molar-refractivity contribution in [1.82, 2.24) is 15.3 Å². The molecule has 1 amide bonds. The van der Waals surface area contributed by atoms with Gasteiger partial charge in [-0.05, 0) is 51.5 Å². The van der Waals surface area contributed by atoms with E-state index in [1.165, 1.54) is 0 Å². The maximum absolute atomic E-state index is 12.6. The number of aromatic nitrogens is 2. The molecule has 0 saturated carbocycles. The summed E-state index contributed by atoms with van der Waals surface area (Å²) in [7, 11) is 1.65. The molecular formula is C21H23N3O2. The number of benzene rings is 2. The largest absolute Gasteiger partial charge is 0.496 e. The average molecular weight is 349 g/mol. The molecule has 134 valence electrons. The Morgan fingerprint density at radius 1 is 1.00 bits per heavy atom. The predicted octanol–water partition coefficient (Wildman–Crippen LogP) is 3.80. The summed E-state index contributed by atoms with van der Waals surface area (Å²) in [6.45, 7) is 8.29. The summed E-state index contributed by atoms with van der Waals surface area (Å²) in [6, 6.07) is 9.49. The van der Waals surface area contributed by atoms with Gasteiger partial charge in [-0.1, -0.05) is 17.7 Å². The first-order valence-corrected chi connectivity index (χ1v) is 8.56. The van der Waals surface area contributed by atoms with Crippen LogP contribution >= 0.6 is 0 Å². The number of ether oxygens (including phenoxy) is 1. The standard InChI is InChI=1S/C21H23N3O2/c1-12-8-13(2)20(26-5)17(9-12)11-22-21(25)16-6-7-18-19(10-16)24-15(4)14(3)23-18/h6-10H,11H2,1-5H3,(H,22,25). The van der Waals surface area contributed by atoms with Crippen LogP contribution in [-0.2, 0) is 6.54 Å². The highest BCUT2D eigenvalue weighted by molar-refractivity contribution is 5.97. The van der Waals surface area contributed by atoms with Crippen molar-refractivity contribution < 1.29 is 9.53 Å². The second kappa shape index (κ2) is 7.12. The lowest BCUT2D eigenvalue weighted by Crippen LogP contribution is -2.23. The number of amides is 1. The van der Waals surface area contributed by atoms with E-state index in [1.807, 2.05) is 39.8 Å². The van der Waals surface area contributed by atoms with E-state index < -0.39 is 0 Å². The Hall–Kier alpha value is -2.95. The van der Waals surface area contributed by atoms with Crippen LogP contribution in [0.5, 0.6) is 5.75 Å². The third-order valence-electron chi connectivity index (χ3n) is 4.48. The van der Waals surface area contributed by atoms with Gasteiger partial charge in [0, 0.05) is 17.7 Å². The van der Waals surface area contributed by atoms with E-state index in [1.54, 1.807) is 19.2 Å². The van der Waals surface area contributed by atoms with Crippen LogP contribution < -0.4 is 10.1 Å². The lowest BCUT2D eigenvalue weighted by molar-refractivity contribution is 0.0950. The molecule has 0 aliphatic heterocycles. The fraction of sp³-hybridized carbons (Fsp3) is 0.286. The van der Waals surface area contributed by atoms with Gasteiger partial charge in [-0.3, -0.25) is 4.79 Å². The Kier molecular flexibility index (Phi) is 4.89. The van der Waals surface area contributed by atoms with E-state index in [2.05, 4.69) is 21.4 Å². The Morgan fingerprint density at radius 2 is 1.69 bits per heavy atom. The SMILES string of the molecule is COc1c(C)cc(C)cc1CNC(=O)c1ccc2nc(C)c(C)nc2c1. The molecule has 0 fully saturated rings. The first-order chi connectivity index (χ1) is 12.4. The molecule has 0 spiro atoms. The maximum Gasteiger partial charge on any atom is 0.251 e. The third kappa shape index (κ3) is 3.52. The highest BCUT2D eigenvalue weighted by Crippen LogP contribution is 2.25. The van der Waals surface area contributed by atoms with Crippen LogP contribution in [-0.4, -0.2) is 23.0 Å². The summed E-state index contributed by atoms with van der Waals surface area (Å²) >= 11 is 0. The second-order valence-electron chi connectivity index (χ2n) is 6.55. The Labute approximate surface area is 153 Å². The van der Waals surface area contributed by atoms with Crippen molar-refractivity contribution in [2.45, 2.75) is 34.2 Å². The number of hydrogen-bond donors (Lipinski definition) is 1. The van der Waals surface area contributed by atoms with Crippen LogP contribution in [0, 0.1) is 27.7 Å². The van der Waals surface area contributed by atoms with Gasteiger partial charge in [-0.25, -0.2) is 9.97 Å². The Morgan fingerprint density at radius 3 is 2.38 bits per heavy atom. The highest BCUT2D eigenvalue weighted by Gasteiger charge is 2.12. The Balaban J connectivity index is 1.83. The molecule has 26 heavy (non-hydrogen) atoms. The van der Waals surface area contributed by atoms with Crippen LogP contribution in [0.15, 0.2) is 30.3 Å². The van der Waals surface area contributed by atoms with Crippen molar-refractivity contribution in [3.05, 3.63) is 64.0 Å². The minimum absolute atomic E-state index is 0.145. The maximum atomic E-state index is 12.6. The molecule has 3 rings (SSSR count). The quantitative estimate of drug-likeness (QED) is 0.778. The van der Waals surface area contributed by atoms with Crippen LogP contribution in [0.1, 0.15) is 38.4 Å². The molecule has 1 N–H and O–H groups in total. The van der Waals surface area contributed by atoms with Crippen molar-refractivity contribution in [2.75, 3.05) is 7.11 Å². The van der Waals surface area contributed by atoms with E-state index in [4.69, 9.17) is 4.74 Å². The van der Waals surface area contributed by atoms with Crippen LogP contribution in [0.3, 0.4) is 0 Å². The number of rotatable bonds is 4. The van der Waals surface area contributed by atoms with E-state index in [-0.39, 0.29) is 5.91 Å². The summed E-state index contributed by atoms with van der Waals surface area (Å²) in [5.41, 5.74) is 7.02. The number of nitrogens with zero attached hydrogens (tertiary/aromatic N) is 2. The molecule has 0 saturated heterocycles.